The molecule has 2 heteroatoms. The zero-order valence-corrected chi connectivity index (χ0v) is 19.2. The van der Waals surface area contributed by atoms with Gasteiger partial charge in [-0.1, -0.05) is 102 Å². The van der Waals surface area contributed by atoms with E-state index < -0.39 is 0 Å². The Morgan fingerprint density at radius 1 is 0.821 bits per heavy atom. The van der Waals surface area contributed by atoms with Crippen LogP contribution in [0.1, 0.15) is 92.4 Å². The molecule has 0 heterocycles. The number of hydrogen-bond acceptors (Lipinski definition) is 2. The number of rotatable bonds is 13. The largest absolute Gasteiger partial charge is 0.508 e. The summed E-state index contributed by atoms with van der Waals surface area (Å²) in [5.74, 6) is 2.95. The maximum Gasteiger partial charge on any atom is 0.115 e. The minimum Gasteiger partial charge on any atom is -0.508 e. The highest BCUT2D eigenvalue weighted by molar-refractivity contribution is 5.18. The van der Waals surface area contributed by atoms with Crippen molar-refractivity contribution in [2.75, 3.05) is 6.61 Å². The van der Waals surface area contributed by atoms with Gasteiger partial charge in [0.05, 0.1) is 6.61 Å². The molecule has 0 aliphatic carbocycles. The van der Waals surface area contributed by atoms with Gasteiger partial charge in [-0.3, -0.25) is 0 Å². The number of phenols is 1. The third-order valence-corrected chi connectivity index (χ3v) is 5.34. The van der Waals surface area contributed by atoms with E-state index in [1.165, 1.54) is 56.9 Å². The number of benzene rings is 1. The Morgan fingerprint density at radius 3 is 1.75 bits per heavy atom. The number of hydrogen-bond donors (Lipinski definition) is 2. The SMILES string of the molecule is C/C(=C\CO)CCCC(C)CCCC(C)CCCC(C)C.Oc1ccccc1. The van der Waals surface area contributed by atoms with Crippen LogP contribution < -0.4 is 0 Å². The molecule has 0 aliphatic rings. The fourth-order valence-corrected chi connectivity index (χ4v) is 3.39. The molecule has 0 radical (unpaired) electrons. The van der Waals surface area contributed by atoms with E-state index in [0.717, 1.165) is 24.2 Å². The molecular weight excluding hydrogens is 344 g/mol. The minimum absolute atomic E-state index is 0.191. The molecule has 28 heavy (non-hydrogen) atoms. The second-order valence-electron chi connectivity index (χ2n) is 8.93. The first kappa shape index (κ1) is 26.7. The Hall–Kier alpha value is -1.28. The molecule has 1 rings (SSSR count). The van der Waals surface area contributed by atoms with E-state index in [-0.39, 0.29) is 6.61 Å². The zero-order valence-electron chi connectivity index (χ0n) is 19.2. The van der Waals surface area contributed by atoms with Crippen molar-refractivity contribution in [2.45, 2.75) is 92.4 Å². The molecule has 2 atom stereocenters. The van der Waals surface area contributed by atoms with Gasteiger partial charge in [-0.05, 0) is 49.7 Å². The van der Waals surface area contributed by atoms with Gasteiger partial charge in [0.1, 0.15) is 5.75 Å². The molecule has 162 valence electrons. The van der Waals surface area contributed by atoms with E-state index in [1.807, 2.05) is 12.1 Å². The molecule has 1 aromatic rings. The van der Waals surface area contributed by atoms with Gasteiger partial charge in [0.15, 0.2) is 0 Å². The van der Waals surface area contributed by atoms with Crippen LogP contribution in [0.5, 0.6) is 5.75 Å². The lowest BCUT2D eigenvalue weighted by Gasteiger charge is -2.15. The molecule has 0 bridgehead atoms. The lowest BCUT2D eigenvalue weighted by atomic mass is 9.91. The molecule has 0 saturated carbocycles. The van der Waals surface area contributed by atoms with Crippen molar-refractivity contribution in [1.29, 1.82) is 0 Å². The van der Waals surface area contributed by atoms with Gasteiger partial charge in [0.25, 0.3) is 0 Å². The molecule has 0 saturated heterocycles. The standard InChI is InChI=1S/C20H40O.C6H6O/c1-17(2)9-6-10-18(3)11-7-12-19(4)13-8-14-20(5)15-16-21;7-6-4-2-1-3-5-6/h15,17-19,21H,6-14,16H2,1-5H3;1-5,7H/b20-15+;. The van der Waals surface area contributed by atoms with E-state index in [2.05, 4.69) is 34.6 Å². The molecule has 1 aromatic carbocycles. The highest BCUT2D eigenvalue weighted by Gasteiger charge is 2.06. The maximum atomic E-state index is 8.83. The van der Waals surface area contributed by atoms with Crippen molar-refractivity contribution in [1.82, 2.24) is 0 Å². The Bertz CT molecular complexity index is 478. The van der Waals surface area contributed by atoms with Crippen LogP contribution in [0, 0.1) is 17.8 Å². The molecular formula is C26H46O2. The van der Waals surface area contributed by atoms with Gasteiger partial charge >= 0.3 is 0 Å². The summed E-state index contributed by atoms with van der Waals surface area (Å²) >= 11 is 0. The van der Waals surface area contributed by atoms with Crippen LogP contribution in [0.4, 0.5) is 0 Å². The highest BCUT2D eigenvalue weighted by atomic mass is 16.3. The van der Waals surface area contributed by atoms with Gasteiger partial charge in [-0.15, -0.1) is 0 Å². The topological polar surface area (TPSA) is 40.5 Å². The van der Waals surface area contributed by atoms with Crippen molar-refractivity contribution < 1.29 is 10.2 Å². The average molecular weight is 391 g/mol. The summed E-state index contributed by atoms with van der Waals surface area (Å²) in [6.45, 7) is 11.8. The van der Waals surface area contributed by atoms with Crippen molar-refractivity contribution in [3.8, 4) is 5.75 Å². The molecule has 0 aromatic heterocycles. The second-order valence-corrected chi connectivity index (χ2v) is 8.93. The Balaban J connectivity index is 0.000000861. The first-order valence-corrected chi connectivity index (χ1v) is 11.4. The number of aliphatic hydroxyl groups excluding tert-OH is 1. The van der Waals surface area contributed by atoms with Crippen LogP contribution in [0.25, 0.3) is 0 Å². The Kier molecular flexibility index (Phi) is 17.0. The molecule has 2 nitrogen and oxygen atoms in total. The third-order valence-electron chi connectivity index (χ3n) is 5.34. The molecule has 2 N–H and O–H groups in total. The van der Waals surface area contributed by atoms with Crippen molar-refractivity contribution >= 4 is 0 Å². The number of para-hydroxylation sites is 1. The minimum atomic E-state index is 0.191. The highest BCUT2D eigenvalue weighted by Crippen LogP contribution is 2.21. The molecule has 0 amide bonds. The van der Waals surface area contributed by atoms with E-state index in [0.29, 0.717) is 5.75 Å². The first-order chi connectivity index (χ1) is 13.3. The summed E-state index contributed by atoms with van der Waals surface area (Å²) in [6, 6.07) is 8.71. The van der Waals surface area contributed by atoms with Crippen LogP contribution in [0.3, 0.4) is 0 Å². The summed E-state index contributed by atoms with van der Waals surface area (Å²) in [4.78, 5) is 0. The fourth-order valence-electron chi connectivity index (χ4n) is 3.39. The normalized spacial score (nSPS) is 13.8. The lowest BCUT2D eigenvalue weighted by Crippen LogP contribution is -2.00. The predicted molar refractivity (Wildman–Crippen MR) is 124 cm³/mol. The lowest BCUT2D eigenvalue weighted by molar-refractivity contribution is 0.341. The van der Waals surface area contributed by atoms with Gasteiger partial charge in [-0.25, -0.2) is 0 Å². The van der Waals surface area contributed by atoms with Gasteiger partial charge < -0.3 is 10.2 Å². The number of allylic oxidation sites excluding steroid dienone is 1. The monoisotopic (exact) mass is 390 g/mol. The van der Waals surface area contributed by atoms with E-state index in [4.69, 9.17) is 10.2 Å². The quantitative estimate of drug-likeness (QED) is 0.338. The molecule has 2 unspecified atom stereocenters. The van der Waals surface area contributed by atoms with Crippen molar-refractivity contribution in [3.63, 3.8) is 0 Å². The zero-order chi connectivity index (χ0) is 21.2. The van der Waals surface area contributed by atoms with E-state index >= 15 is 0 Å². The average Bonchev–Trinajstić information content (AvgIpc) is 2.63. The Morgan fingerprint density at radius 2 is 1.32 bits per heavy atom. The number of aromatic hydroxyl groups is 1. The van der Waals surface area contributed by atoms with Gasteiger partial charge in [0, 0.05) is 0 Å². The summed E-state index contributed by atoms with van der Waals surface area (Å²) < 4.78 is 0. The van der Waals surface area contributed by atoms with Crippen molar-refractivity contribution in [3.05, 3.63) is 42.0 Å². The van der Waals surface area contributed by atoms with Crippen LogP contribution in [-0.4, -0.2) is 16.8 Å². The summed E-state index contributed by atoms with van der Waals surface area (Å²) in [5.41, 5.74) is 1.34. The van der Waals surface area contributed by atoms with Gasteiger partial charge in [0.2, 0.25) is 0 Å². The first-order valence-electron chi connectivity index (χ1n) is 11.4. The van der Waals surface area contributed by atoms with E-state index in [9.17, 15) is 0 Å². The van der Waals surface area contributed by atoms with Gasteiger partial charge in [-0.2, -0.15) is 0 Å². The molecule has 0 fully saturated rings. The van der Waals surface area contributed by atoms with E-state index in [1.54, 1.807) is 24.3 Å². The molecule has 0 aliphatic heterocycles. The van der Waals surface area contributed by atoms with Crippen molar-refractivity contribution in [2.24, 2.45) is 17.8 Å². The predicted octanol–water partition coefficient (Wildman–Crippen LogP) is 7.76. The maximum absolute atomic E-state index is 8.83. The molecule has 0 spiro atoms. The van der Waals surface area contributed by atoms with Crippen LogP contribution in [0.2, 0.25) is 0 Å². The van der Waals surface area contributed by atoms with Crippen LogP contribution in [-0.2, 0) is 0 Å². The summed E-state index contributed by atoms with van der Waals surface area (Å²) in [6.07, 6.45) is 14.1. The fraction of sp³-hybridized carbons (Fsp3) is 0.692. The number of phenolic OH excluding ortho intramolecular Hbond substituents is 1. The second kappa shape index (κ2) is 17.8. The summed E-state index contributed by atoms with van der Waals surface area (Å²) in [7, 11) is 0. The number of aliphatic hydroxyl groups is 1. The van der Waals surface area contributed by atoms with Crippen LogP contribution >= 0.6 is 0 Å². The van der Waals surface area contributed by atoms with Crippen LogP contribution in [0.15, 0.2) is 42.0 Å². The summed E-state index contributed by atoms with van der Waals surface area (Å²) in [5, 5.41) is 17.5. The smallest absolute Gasteiger partial charge is 0.115 e. The Labute approximate surface area is 175 Å². The third kappa shape index (κ3) is 18.1.